The zero-order valence-corrected chi connectivity index (χ0v) is 29.0. The van der Waals surface area contributed by atoms with Gasteiger partial charge in [-0.2, -0.15) is 0 Å². The summed E-state index contributed by atoms with van der Waals surface area (Å²) in [5, 5.41) is 14.4. The largest absolute Gasteiger partial charge is 0.305 e. The van der Waals surface area contributed by atoms with Crippen molar-refractivity contribution in [1.29, 1.82) is 0 Å². The number of rotatable bonds is 9. The van der Waals surface area contributed by atoms with Crippen molar-refractivity contribution >= 4 is 37.1 Å². The molecule has 0 radical (unpaired) electrons. The smallest absolute Gasteiger partial charge is 0.0523 e. The molecule has 2 aliphatic rings. The number of hydrogen-bond acceptors (Lipinski definition) is 2. The monoisotopic (exact) mass is 660 g/mol. The fraction of sp³-hybridized carbons (Fsp3) is 0.182. The molecule has 48 heavy (non-hydrogen) atoms. The lowest BCUT2D eigenvalue weighted by Crippen LogP contribution is -2.51. The Bertz CT molecular complexity index is 1690. The molecule has 0 unspecified atom stereocenters. The molecular formula is C44H42N2P2. The SMILES string of the molecule is c1ccc(P(C[C@@H]2Cc3ccccc3[C@@H]([C@H]3N[C@H](CP(c4ccccc4)c4ccccc4)Cc4ccccc43)N2)c2ccccc2)cc1. The van der Waals surface area contributed by atoms with Crippen LogP contribution in [-0.4, -0.2) is 24.4 Å². The lowest BCUT2D eigenvalue weighted by molar-refractivity contribution is 0.300. The molecular weight excluding hydrogens is 618 g/mol. The third-order valence-corrected chi connectivity index (χ3v) is 15.3. The zero-order chi connectivity index (χ0) is 32.1. The number of benzene rings is 6. The maximum absolute atomic E-state index is 4.29. The maximum Gasteiger partial charge on any atom is 0.0523 e. The summed E-state index contributed by atoms with van der Waals surface area (Å²) in [7, 11) is -1.01. The zero-order valence-electron chi connectivity index (χ0n) is 27.2. The normalized spacial score (nSPS) is 20.3. The molecule has 0 aliphatic carbocycles. The summed E-state index contributed by atoms with van der Waals surface area (Å²) in [4.78, 5) is 0. The summed E-state index contributed by atoms with van der Waals surface area (Å²) >= 11 is 0. The highest BCUT2D eigenvalue weighted by atomic mass is 31.1. The first kappa shape index (κ1) is 31.4. The van der Waals surface area contributed by atoms with Gasteiger partial charge in [-0.1, -0.05) is 170 Å². The standard InChI is InChI=1S/C44H42N2P2/c1-5-19-37(20-6-1)47(38-21-7-2-8-22-38)31-35-29-33-17-13-15-27-41(33)43(45-35)44-42-28-16-14-18-34(42)30-36(46-44)32-48(39-23-9-3-10-24-39)40-25-11-4-12-26-40/h1-28,35-36,43-46H,29-32H2/t35-,36-,43-,44-/m0/s1. The molecule has 6 aromatic rings. The van der Waals surface area contributed by atoms with Crippen LogP contribution in [0.2, 0.25) is 0 Å². The van der Waals surface area contributed by atoms with Crippen LogP contribution in [0.15, 0.2) is 170 Å². The van der Waals surface area contributed by atoms with Gasteiger partial charge in [0.2, 0.25) is 0 Å². The summed E-state index contributed by atoms with van der Waals surface area (Å²) in [6.07, 6.45) is 4.32. The van der Waals surface area contributed by atoms with E-state index in [0.29, 0.717) is 12.1 Å². The predicted molar refractivity (Wildman–Crippen MR) is 207 cm³/mol. The second kappa shape index (κ2) is 14.7. The van der Waals surface area contributed by atoms with Gasteiger partial charge in [-0.05, 0) is 84.5 Å². The molecule has 2 nitrogen and oxygen atoms in total. The molecule has 2 N–H and O–H groups in total. The van der Waals surface area contributed by atoms with Gasteiger partial charge < -0.3 is 10.6 Å². The minimum Gasteiger partial charge on any atom is -0.305 e. The molecule has 0 aromatic heterocycles. The van der Waals surface area contributed by atoms with E-state index in [9.17, 15) is 0 Å². The van der Waals surface area contributed by atoms with Gasteiger partial charge in [0.25, 0.3) is 0 Å². The van der Waals surface area contributed by atoms with E-state index >= 15 is 0 Å². The first-order valence-electron chi connectivity index (χ1n) is 17.2. The predicted octanol–water partition coefficient (Wildman–Crippen LogP) is 7.76. The Balaban J connectivity index is 1.13. The number of nitrogens with one attached hydrogen (secondary N) is 2. The number of hydrogen-bond donors (Lipinski definition) is 2. The average molecular weight is 661 g/mol. The second-order valence-electron chi connectivity index (χ2n) is 13.1. The molecule has 6 aromatic carbocycles. The molecule has 0 saturated carbocycles. The highest BCUT2D eigenvalue weighted by Gasteiger charge is 2.38. The molecule has 8 rings (SSSR count). The Morgan fingerprint density at radius 3 is 1.00 bits per heavy atom. The third-order valence-electron chi connectivity index (χ3n) is 9.95. The summed E-state index contributed by atoms with van der Waals surface area (Å²) in [6, 6.07) is 64.3. The van der Waals surface area contributed by atoms with Crippen LogP contribution in [0.4, 0.5) is 0 Å². The van der Waals surface area contributed by atoms with Crippen molar-refractivity contribution in [2.45, 2.75) is 37.0 Å². The molecule has 238 valence electrons. The van der Waals surface area contributed by atoms with E-state index in [1.165, 1.54) is 43.5 Å². The van der Waals surface area contributed by atoms with E-state index in [2.05, 4.69) is 180 Å². The molecule has 4 heteroatoms. The van der Waals surface area contributed by atoms with Crippen LogP contribution >= 0.6 is 15.8 Å². The Morgan fingerprint density at radius 1 is 0.375 bits per heavy atom. The van der Waals surface area contributed by atoms with Crippen molar-refractivity contribution in [1.82, 2.24) is 10.6 Å². The molecule has 0 spiro atoms. The Kier molecular flexibility index (Phi) is 9.60. The van der Waals surface area contributed by atoms with E-state index in [1.54, 1.807) is 0 Å². The van der Waals surface area contributed by atoms with E-state index in [0.717, 1.165) is 25.2 Å². The minimum atomic E-state index is -0.505. The second-order valence-corrected chi connectivity index (χ2v) is 17.6. The van der Waals surface area contributed by atoms with Crippen molar-refractivity contribution in [3.63, 3.8) is 0 Å². The number of fused-ring (bicyclic) bond motifs is 2. The summed E-state index contributed by atoms with van der Waals surface area (Å²) in [5.74, 6) is 0. The van der Waals surface area contributed by atoms with Gasteiger partial charge in [0, 0.05) is 12.1 Å². The van der Waals surface area contributed by atoms with Crippen LogP contribution < -0.4 is 31.9 Å². The molecule has 0 amide bonds. The van der Waals surface area contributed by atoms with Gasteiger partial charge in [0.1, 0.15) is 0 Å². The van der Waals surface area contributed by atoms with E-state index < -0.39 is 15.8 Å². The van der Waals surface area contributed by atoms with Gasteiger partial charge in [-0.15, -0.1) is 0 Å². The third kappa shape index (κ3) is 6.82. The van der Waals surface area contributed by atoms with Crippen molar-refractivity contribution in [2.75, 3.05) is 12.3 Å². The highest BCUT2D eigenvalue weighted by Crippen LogP contribution is 2.43. The van der Waals surface area contributed by atoms with E-state index in [4.69, 9.17) is 0 Å². The van der Waals surface area contributed by atoms with Crippen LogP contribution in [0.1, 0.15) is 34.3 Å². The van der Waals surface area contributed by atoms with Gasteiger partial charge in [-0.3, -0.25) is 0 Å². The van der Waals surface area contributed by atoms with Crippen molar-refractivity contribution in [3.05, 3.63) is 192 Å². The molecule has 2 heterocycles. The van der Waals surface area contributed by atoms with Gasteiger partial charge in [0.05, 0.1) is 12.1 Å². The highest BCUT2D eigenvalue weighted by molar-refractivity contribution is 7.73. The van der Waals surface area contributed by atoms with Crippen LogP contribution in [0.25, 0.3) is 0 Å². The first-order chi connectivity index (χ1) is 23.8. The summed E-state index contributed by atoms with van der Waals surface area (Å²) in [5.41, 5.74) is 5.86. The lowest BCUT2D eigenvalue weighted by Gasteiger charge is -2.44. The van der Waals surface area contributed by atoms with Gasteiger partial charge in [0.15, 0.2) is 0 Å². The first-order valence-corrected chi connectivity index (χ1v) is 20.3. The van der Waals surface area contributed by atoms with Crippen LogP contribution in [0, 0.1) is 0 Å². The minimum absolute atomic E-state index is 0.187. The van der Waals surface area contributed by atoms with Gasteiger partial charge >= 0.3 is 0 Å². The average Bonchev–Trinajstić information content (AvgIpc) is 3.17. The Labute approximate surface area is 288 Å². The summed E-state index contributed by atoms with van der Waals surface area (Å²) in [6.45, 7) is 0. The molecule has 0 fully saturated rings. The molecule has 2 aliphatic heterocycles. The topological polar surface area (TPSA) is 24.1 Å². The van der Waals surface area contributed by atoms with Crippen molar-refractivity contribution in [2.24, 2.45) is 0 Å². The van der Waals surface area contributed by atoms with Crippen molar-refractivity contribution in [3.8, 4) is 0 Å². The molecule has 0 saturated heterocycles. The Hall–Kier alpha value is -3.90. The Morgan fingerprint density at radius 2 is 0.667 bits per heavy atom. The summed E-state index contributed by atoms with van der Waals surface area (Å²) < 4.78 is 0. The van der Waals surface area contributed by atoms with Crippen LogP contribution in [0.3, 0.4) is 0 Å². The maximum atomic E-state index is 4.29. The molecule has 0 bridgehead atoms. The van der Waals surface area contributed by atoms with Crippen LogP contribution in [-0.2, 0) is 12.8 Å². The molecule has 4 atom stereocenters. The lowest BCUT2D eigenvalue weighted by atomic mass is 9.80. The quantitative estimate of drug-likeness (QED) is 0.155. The van der Waals surface area contributed by atoms with Gasteiger partial charge in [-0.25, -0.2) is 0 Å². The van der Waals surface area contributed by atoms with Crippen molar-refractivity contribution < 1.29 is 0 Å². The van der Waals surface area contributed by atoms with E-state index in [1.807, 2.05) is 0 Å². The van der Waals surface area contributed by atoms with Crippen LogP contribution in [0.5, 0.6) is 0 Å². The fourth-order valence-corrected chi connectivity index (χ4v) is 12.7. The fourth-order valence-electron chi connectivity index (χ4n) is 7.76. The van der Waals surface area contributed by atoms with E-state index in [-0.39, 0.29) is 12.1 Å².